The van der Waals surface area contributed by atoms with Crippen LogP contribution in [0.1, 0.15) is 0 Å². The zero-order valence-corrected chi connectivity index (χ0v) is 14.0. The summed E-state index contributed by atoms with van der Waals surface area (Å²) in [7, 11) is -2.17. The predicted molar refractivity (Wildman–Crippen MR) is 89.5 cm³/mol. The van der Waals surface area contributed by atoms with Crippen molar-refractivity contribution in [2.75, 3.05) is 17.1 Å². The molecule has 22 heavy (non-hydrogen) atoms. The second-order valence-corrected chi connectivity index (χ2v) is 6.82. The van der Waals surface area contributed by atoms with Crippen LogP contribution in [0.15, 0.2) is 57.9 Å². The summed E-state index contributed by atoms with van der Waals surface area (Å²) in [6.07, 6.45) is 0. The lowest BCUT2D eigenvalue weighted by Gasteiger charge is -2.10. The van der Waals surface area contributed by atoms with Gasteiger partial charge in [0, 0.05) is 22.9 Å². The fourth-order valence-corrected chi connectivity index (χ4v) is 3.75. The average molecular weight is 384 g/mol. The monoisotopic (exact) mass is 383 g/mol. The summed E-state index contributed by atoms with van der Waals surface area (Å²) in [4.78, 5) is 11.3. The van der Waals surface area contributed by atoms with Gasteiger partial charge in [-0.3, -0.25) is 4.72 Å². The summed E-state index contributed by atoms with van der Waals surface area (Å²) in [6, 6.07) is 12.6. The fourth-order valence-electron chi connectivity index (χ4n) is 1.69. The van der Waals surface area contributed by atoms with E-state index in [-0.39, 0.29) is 10.9 Å². The number of hydrogen-bond donors (Lipinski definition) is 3. The Balaban J connectivity index is 2.17. The van der Waals surface area contributed by atoms with Crippen molar-refractivity contribution < 1.29 is 13.2 Å². The zero-order valence-electron chi connectivity index (χ0n) is 11.6. The first-order valence-corrected chi connectivity index (χ1v) is 8.56. The van der Waals surface area contributed by atoms with Gasteiger partial charge in [0.25, 0.3) is 10.0 Å². The van der Waals surface area contributed by atoms with E-state index in [9.17, 15) is 13.2 Å². The largest absolute Gasteiger partial charge is 0.341 e. The Morgan fingerprint density at radius 3 is 2.18 bits per heavy atom. The molecule has 8 heteroatoms. The zero-order chi connectivity index (χ0) is 16.2. The summed E-state index contributed by atoms with van der Waals surface area (Å²) in [5.41, 5.74) is 0.960. The first kappa shape index (κ1) is 16.3. The van der Waals surface area contributed by atoms with Gasteiger partial charge in [-0.2, -0.15) is 0 Å². The Hall–Kier alpha value is -2.06. The van der Waals surface area contributed by atoms with Crippen molar-refractivity contribution in [3.05, 3.63) is 53.0 Å². The summed E-state index contributed by atoms with van der Waals surface area (Å²) >= 11 is 3.22. The van der Waals surface area contributed by atoms with E-state index < -0.39 is 10.0 Å². The van der Waals surface area contributed by atoms with E-state index in [2.05, 4.69) is 31.3 Å². The molecule has 116 valence electrons. The third-order valence-corrected chi connectivity index (χ3v) is 5.14. The van der Waals surface area contributed by atoms with Crippen molar-refractivity contribution in [2.45, 2.75) is 4.90 Å². The van der Waals surface area contributed by atoms with Crippen molar-refractivity contribution in [1.82, 2.24) is 5.32 Å². The molecule has 0 aliphatic rings. The molecule has 3 N–H and O–H groups in total. The second kappa shape index (κ2) is 6.80. The molecule has 2 rings (SSSR count). The van der Waals surface area contributed by atoms with Crippen molar-refractivity contribution in [2.24, 2.45) is 0 Å². The Kier molecular flexibility index (Phi) is 5.04. The van der Waals surface area contributed by atoms with Gasteiger partial charge < -0.3 is 10.6 Å². The predicted octanol–water partition coefficient (Wildman–Crippen LogP) is 3.00. The van der Waals surface area contributed by atoms with Gasteiger partial charge in [0.05, 0.1) is 0 Å². The van der Waals surface area contributed by atoms with Gasteiger partial charge in [0.1, 0.15) is 4.90 Å². The van der Waals surface area contributed by atoms with Crippen molar-refractivity contribution in [3.8, 4) is 0 Å². The van der Waals surface area contributed by atoms with Crippen LogP contribution in [0.2, 0.25) is 0 Å². The van der Waals surface area contributed by atoms with Crippen LogP contribution in [0.5, 0.6) is 0 Å². The maximum absolute atomic E-state index is 12.3. The first-order chi connectivity index (χ1) is 10.4. The number of hydrogen-bond acceptors (Lipinski definition) is 3. The van der Waals surface area contributed by atoms with Gasteiger partial charge in [-0.25, -0.2) is 13.2 Å². The molecule has 0 saturated carbocycles. The van der Waals surface area contributed by atoms with Gasteiger partial charge in [-0.05, 0) is 52.3 Å². The number of nitrogens with one attached hydrogen (secondary N) is 3. The van der Waals surface area contributed by atoms with Crippen LogP contribution >= 0.6 is 15.9 Å². The van der Waals surface area contributed by atoms with Crippen LogP contribution in [0.3, 0.4) is 0 Å². The average Bonchev–Trinajstić information content (AvgIpc) is 2.49. The smallest absolute Gasteiger partial charge is 0.318 e. The number of carbonyl (C=O) groups excluding carboxylic acids is 1. The number of halogens is 1. The highest BCUT2D eigenvalue weighted by atomic mass is 79.9. The minimum absolute atomic E-state index is 0.155. The van der Waals surface area contributed by atoms with Crippen molar-refractivity contribution >= 4 is 43.4 Å². The molecular weight excluding hydrogens is 370 g/mol. The summed E-state index contributed by atoms with van der Waals surface area (Å²) in [5, 5.41) is 5.01. The van der Waals surface area contributed by atoms with Crippen LogP contribution in [0.4, 0.5) is 16.2 Å². The summed E-state index contributed by atoms with van der Waals surface area (Å²) in [5.74, 6) is 0. The minimum Gasteiger partial charge on any atom is -0.341 e. The third kappa shape index (κ3) is 3.99. The lowest BCUT2D eigenvalue weighted by molar-refractivity contribution is 0.254. The lowest BCUT2D eigenvalue weighted by atomic mass is 10.3. The van der Waals surface area contributed by atoms with Crippen LogP contribution < -0.4 is 15.4 Å². The highest BCUT2D eigenvalue weighted by Crippen LogP contribution is 2.24. The standard InChI is InChI=1S/C14H14BrN3O3S/c1-16-14(19)17-10-6-8-11(9-7-10)18-22(20,21)13-5-3-2-4-12(13)15/h2-9,18H,1H3,(H2,16,17,19). The maximum atomic E-state index is 12.3. The Morgan fingerprint density at radius 2 is 1.59 bits per heavy atom. The van der Waals surface area contributed by atoms with E-state index in [1.807, 2.05) is 0 Å². The molecule has 2 aromatic carbocycles. The molecule has 2 aromatic rings. The second-order valence-electron chi connectivity index (χ2n) is 4.32. The van der Waals surface area contributed by atoms with Crippen LogP contribution in [-0.2, 0) is 10.0 Å². The molecule has 0 heterocycles. The van der Waals surface area contributed by atoms with Crippen LogP contribution in [-0.4, -0.2) is 21.5 Å². The minimum atomic E-state index is -3.68. The first-order valence-electron chi connectivity index (χ1n) is 6.28. The number of benzene rings is 2. The summed E-state index contributed by atoms with van der Waals surface area (Å²) < 4.78 is 27.6. The summed E-state index contributed by atoms with van der Waals surface area (Å²) in [6.45, 7) is 0. The number of carbonyl (C=O) groups is 1. The molecule has 0 aliphatic carbocycles. The molecule has 6 nitrogen and oxygen atoms in total. The maximum Gasteiger partial charge on any atom is 0.318 e. The Morgan fingerprint density at radius 1 is 1.00 bits per heavy atom. The molecule has 2 amide bonds. The van der Waals surface area contributed by atoms with Gasteiger partial charge in [0.2, 0.25) is 0 Å². The molecule has 0 radical (unpaired) electrons. The molecule has 0 spiro atoms. The topological polar surface area (TPSA) is 87.3 Å². The fraction of sp³-hybridized carbons (Fsp3) is 0.0714. The van der Waals surface area contributed by atoms with E-state index >= 15 is 0 Å². The Labute approximate surface area is 137 Å². The number of anilines is 2. The van der Waals surface area contributed by atoms with E-state index in [1.165, 1.54) is 13.1 Å². The number of amides is 2. The van der Waals surface area contributed by atoms with E-state index in [4.69, 9.17) is 0 Å². The van der Waals surface area contributed by atoms with Gasteiger partial charge in [-0.1, -0.05) is 12.1 Å². The van der Waals surface area contributed by atoms with Gasteiger partial charge in [-0.15, -0.1) is 0 Å². The molecule has 0 aliphatic heterocycles. The van der Waals surface area contributed by atoms with E-state index in [0.29, 0.717) is 15.8 Å². The highest BCUT2D eigenvalue weighted by molar-refractivity contribution is 9.10. The molecular formula is C14H14BrN3O3S. The van der Waals surface area contributed by atoms with Gasteiger partial charge >= 0.3 is 6.03 Å². The molecule has 0 bridgehead atoms. The molecule has 0 saturated heterocycles. The van der Waals surface area contributed by atoms with E-state index in [1.54, 1.807) is 42.5 Å². The molecule has 0 aromatic heterocycles. The molecule has 0 unspecified atom stereocenters. The Bertz CT molecular complexity index is 776. The van der Waals surface area contributed by atoms with Crippen LogP contribution in [0, 0.1) is 0 Å². The lowest BCUT2D eigenvalue weighted by Crippen LogP contribution is -2.24. The molecule has 0 atom stereocenters. The number of urea groups is 1. The van der Waals surface area contributed by atoms with Crippen molar-refractivity contribution in [1.29, 1.82) is 0 Å². The quantitative estimate of drug-likeness (QED) is 0.758. The van der Waals surface area contributed by atoms with Crippen molar-refractivity contribution in [3.63, 3.8) is 0 Å². The SMILES string of the molecule is CNC(=O)Nc1ccc(NS(=O)(=O)c2ccccc2Br)cc1. The number of sulfonamides is 1. The normalized spacial score (nSPS) is 10.8. The van der Waals surface area contributed by atoms with Crippen LogP contribution in [0.25, 0.3) is 0 Å². The number of rotatable bonds is 4. The third-order valence-electron chi connectivity index (χ3n) is 2.75. The van der Waals surface area contributed by atoms with E-state index in [0.717, 1.165) is 0 Å². The van der Waals surface area contributed by atoms with Gasteiger partial charge in [0.15, 0.2) is 0 Å². The molecule has 0 fully saturated rings. The highest BCUT2D eigenvalue weighted by Gasteiger charge is 2.17.